The normalized spacial score (nSPS) is 12.5. The van der Waals surface area contributed by atoms with Crippen molar-refractivity contribution in [2.24, 2.45) is 11.8 Å². The lowest BCUT2D eigenvalue weighted by molar-refractivity contribution is -0.141. The van der Waals surface area contributed by atoms with Crippen LogP contribution in [0, 0.1) is 11.8 Å². The number of hydrogen-bond acceptors (Lipinski definition) is 3. The Labute approximate surface area is 213 Å². The van der Waals surface area contributed by atoms with Crippen LogP contribution >= 0.6 is 0 Å². The first kappa shape index (κ1) is 35.1. The van der Waals surface area contributed by atoms with Gasteiger partial charge in [-0.1, -0.05) is 137 Å². The van der Waals surface area contributed by atoms with Crippen molar-refractivity contribution in [3.8, 4) is 0 Å². The van der Waals surface area contributed by atoms with Crippen LogP contribution in [0.1, 0.15) is 163 Å². The predicted octanol–water partition coefficient (Wildman–Crippen LogP) is 9.73. The van der Waals surface area contributed by atoms with E-state index in [9.17, 15) is 9.59 Å². The van der Waals surface area contributed by atoms with Crippen LogP contribution in [0.3, 0.4) is 0 Å². The maximum absolute atomic E-state index is 10.5. The van der Waals surface area contributed by atoms with Crippen molar-refractivity contribution in [3.63, 3.8) is 0 Å². The van der Waals surface area contributed by atoms with Crippen LogP contribution in [-0.4, -0.2) is 23.7 Å². The zero-order valence-electron chi connectivity index (χ0n) is 23.7. The van der Waals surface area contributed by atoms with E-state index >= 15 is 0 Å². The fourth-order valence-electron chi connectivity index (χ4n) is 3.93. The molecule has 0 aliphatic carbocycles. The molecule has 0 fully saturated rings. The summed E-state index contributed by atoms with van der Waals surface area (Å²) in [6.07, 6.45) is 24.6. The fourth-order valence-corrected chi connectivity index (χ4v) is 3.93. The highest BCUT2D eigenvalue weighted by Gasteiger charge is 2.00. The van der Waals surface area contributed by atoms with Crippen molar-refractivity contribution in [1.82, 2.24) is 0 Å². The van der Waals surface area contributed by atoms with Gasteiger partial charge in [0.15, 0.2) is 0 Å². The molecule has 34 heavy (non-hydrogen) atoms. The van der Waals surface area contributed by atoms with Gasteiger partial charge in [0.2, 0.25) is 0 Å². The van der Waals surface area contributed by atoms with Crippen LogP contribution in [0.25, 0.3) is 0 Å². The second-order valence-electron chi connectivity index (χ2n) is 10.4. The third kappa shape index (κ3) is 33.1. The molecule has 0 aromatic rings. The van der Waals surface area contributed by atoms with Gasteiger partial charge in [-0.3, -0.25) is 9.59 Å². The highest BCUT2D eigenvalue weighted by atomic mass is 16.5. The van der Waals surface area contributed by atoms with E-state index in [1.54, 1.807) is 0 Å². The lowest BCUT2D eigenvalue weighted by Gasteiger charge is -2.07. The standard InChI is InChI=1S/2C15H30O2/c1-4-14(2)12-10-8-6-5-7-9-11-13-17-15(3)16;1-3-14(2)12-10-8-6-4-5-7-9-11-13-15(16)17/h14H,4-13H2,1-3H3;14H,3-13H2,1-2H3,(H,16,17). The quantitative estimate of drug-likeness (QED) is 0.116. The summed E-state index contributed by atoms with van der Waals surface area (Å²) in [5, 5.41) is 8.48. The minimum absolute atomic E-state index is 0.157. The zero-order chi connectivity index (χ0) is 25.9. The first-order valence-electron chi connectivity index (χ1n) is 14.7. The van der Waals surface area contributed by atoms with Crippen LogP contribution in [0.2, 0.25) is 0 Å². The largest absolute Gasteiger partial charge is 0.481 e. The number of hydrogen-bond donors (Lipinski definition) is 1. The Bertz CT molecular complexity index is 396. The minimum Gasteiger partial charge on any atom is -0.481 e. The van der Waals surface area contributed by atoms with Crippen LogP contribution in [0.15, 0.2) is 0 Å². The van der Waals surface area contributed by atoms with Crippen molar-refractivity contribution in [2.75, 3.05) is 6.61 Å². The molecule has 0 aromatic heterocycles. The molecule has 0 saturated heterocycles. The van der Waals surface area contributed by atoms with E-state index in [1.165, 1.54) is 110 Å². The summed E-state index contributed by atoms with van der Waals surface area (Å²) in [5.41, 5.74) is 0. The van der Waals surface area contributed by atoms with Crippen molar-refractivity contribution in [2.45, 2.75) is 163 Å². The molecule has 2 unspecified atom stereocenters. The summed E-state index contributed by atoms with van der Waals surface area (Å²) in [6, 6.07) is 0. The topological polar surface area (TPSA) is 63.6 Å². The molecule has 204 valence electrons. The summed E-state index contributed by atoms with van der Waals surface area (Å²) < 4.78 is 4.89. The number of rotatable bonds is 23. The summed E-state index contributed by atoms with van der Waals surface area (Å²) >= 11 is 0. The van der Waals surface area contributed by atoms with Gasteiger partial charge >= 0.3 is 11.9 Å². The first-order chi connectivity index (χ1) is 16.3. The van der Waals surface area contributed by atoms with E-state index in [-0.39, 0.29) is 5.97 Å². The molecule has 0 spiro atoms. The number of aliphatic carboxylic acids is 1. The average Bonchev–Trinajstić information content (AvgIpc) is 2.81. The Morgan fingerprint density at radius 2 is 0.971 bits per heavy atom. The van der Waals surface area contributed by atoms with Gasteiger partial charge in [-0.25, -0.2) is 0 Å². The SMILES string of the molecule is CCC(C)CCCCCCCCCCC(=O)O.CCC(C)CCCCCCCCCOC(C)=O. The Morgan fingerprint density at radius 1 is 0.618 bits per heavy atom. The first-order valence-corrected chi connectivity index (χ1v) is 14.7. The van der Waals surface area contributed by atoms with Crippen LogP contribution < -0.4 is 0 Å². The number of carbonyl (C=O) groups excluding carboxylic acids is 1. The van der Waals surface area contributed by atoms with Crippen LogP contribution in [-0.2, 0) is 14.3 Å². The summed E-state index contributed by atoms with van der Waals surface area (Å²) in [4.78, 5) is 20.8. The second kappa shape index (κ2) is 28.2. The third-order valence-electron chi connectivity index (χ3n) is 6.88. The van der Waals surface area contributed by atoms with Gasteiger partial charge in [-0.2, -0.15) is 0 Å². The molecular formula is C30H60O4. The van der Waals surface area contributed by atoms with E-state index in [2.05, 4.69) is 27.7 Å². The summed E-state index contributed by atoms with van der Waals surface area (Å²) in [5.74, 6) is 0.981. The Kier molecular flexibility index (Phi) is 29.1. The Hall–Kier alpha value is -1.06. The molecule has 2 atom stereocenters. The van der Waals surface area contributed by atoms with E-state index in [4.69, 9.17) is 9.84 Å². The highest BCUT2D eigenvalue weighted by molar-refractivity contribution is 5.66. The fraction of sp³-hybridized carbons (Fsp3) is 0.933. The van der Waals surface area contributed by atoms with E-state index in [1.807, 2.05) is 0 Å². The molecule has 0 bridgehead atoms. The summed E-state index contributed by atoms with van der Waals surface area (Å²) in [7, 11) is 0. The lowest BCUT2D eigenvalue weighted by atomic mass is 9.99. The van der Waals surface area contributed by atoms with Gasteiger partial charge < -0.3 is 9.84 Å². The van der Waals surface area contributed by atoms with Crippen LogP contribution in [0.5, 0.6) is 0 Å². The Morgan fingerprint density at radius 3 is 1.32 bits per heavy atom. The molecule has 0 rings (SSSR count). The van der Waals surface area contributed by atoms with Crippen LogP contribution in [0.4, 0.5) is 0 Å². The molecule has 0 heterocycles. The number of carboxylic acids is 1. The molecular weight excluding hydrogens is 424 g/mol. The van der Waals surface area contributed by atoms with Crippen molar-refractivity contribution < 1.29 is 19.4 Å². The maximum atomic E-state index is 10.5. The minimum atomic E-state index is -0.657. The van der Waals surface area contributed by atoms with Crippen molar-refractivity contribution in [3.05, 3.63) is 0 Å². The molecule has 0 radical (unpaired) electrons. The predicted molar refractivity (Wildman–Crippen MR) is 146 cm³/mol. The van der Waals surface area contributed by atoms with E-state index in [0.29, 0.717) is 13.0 Å². The van der Waals surface area contributed by atoms with Gasteiger partial charge in [0, 0.05) is 13.3 Å². The second-order valence-corrected chi connectivity index (χ2v) is 10.4. The number of carbonyl (C=O) groups is 2. The number of unbranched alkanes of at least 4 members (excludes halogenated alkanes) is 13. The van der Waals surface area contributed by atoms with E-state index < -0.39 is 5.97 Å². The van der Waals surface area contributed by atoms with Gasteiger partial charge in [-0.15, -0.1) is 0 Å². The van der Waals surface area contributed by atoms with Crippen molar-refractivity contribution >= 4 is 11.9 Å². The van der Waals surface area contributed by atoms with Gasteiger partial charge in [0.1, 0.15) is 0 Å². The number of esters is 1. The number of carboxylic acid groups (broad SMARTS) is 1. The molecule has 0 aliphatic heterocycles. The van der Waals surface area contributed by atoms with Crippen molar-refractivity contribution in [1.29, 1.82) is 0 Å². The maximum Gasteiger partial charge on any atom is 0.303 e. The van der Waals surface area contributed by atoms with Gasteiger partial charge in [0.05, 0.1) is 6.61 Å². The third-order valence-corrected chi connectivity index (χ3v) is 6.88. The van der Waals surface area contributed by atoms with E-state index in [0.717, 1.165) is 31.1 Å². The monoisotopic (exact) mass is 484 g/mol. The van der Waals surface area contributed by atoms with Gasteiger partial charge in [-0.05, 0) is 24.7 Å². The molecule has 0 aromatic carbocycles. The summed E-state index contributed by atoms with van der Waals surface area (Å²) in [6.45, 7) is 11.3. The lowest BCUT2D eigenvalue weighted by Crippen LogP contribution is -2.00. The number of ether oxygens (including phenoxy) is 1. The molecule has 0 aliphatic rings. The molecule has 1 N–H and O–H groups in total. The molecule has 4 nitrogen and oxygen atoms in total. The molecule has 0 saturated carbocycles. The van der Waals surface area contributed by atoms with Gasteiger partial charge in [0.25, 0.3) is 0 Å². The molecule has 0 amide bonds. The Balaban J connectivity index is 0. The smallest absolute Gasteiger partial charge is 0.303 e. The molecule has 4 heteroatoms. The zero-order valence-corrected chi connectivity index (χ0v) is 23.7. The average molecular weight is 485 g/mol. The highest BCUT2D eigenvalue weighted by Crippen LogP contribution is 2.15.